The Balaban J connectivity index is 1.44. The lowest BCUT2D eigenvalue weighted by atomic mass is 10.2. The molecule has 1 aliphatic rings. The van der Waals surface area contributed by atoms with Gasteiger partial charge in [0, 0.05) is 23.9 Å². The number of hydrogen-bond donors (Lipinski definition) is 3. The van der Waals surface area contributed by atoms with Gasteiger partial charge in [0.25, 0.3) is 5.91 Å². The fourth-order valence-corrected chi connectivity index (χ4v) is 3.05. The normalized spacial score (nSPS) is 14.8. The van der Waals surface area contributed by atoms with Gasteiger partial charge in [0.1, 0.15) is 6.04 Å². The number of fused-ring (bicyclic) bond motifs is 1. The van der Waals surface area contributed by atoms with E-state index in [1.165, 1.54) is 11.6 Å². The molecule has 3 aromatic rings. The van der Waals surface area contributed by atoms with Crippen molar-refractivity contribution in [2.75, 3.05) is 16.0 Å². The molecule has 9 heteroatoms. The number of aromatic nitrogens is 3. The molecule has 29 heavy (non-hydrogen) atoms. The van der Waals surface area contributed by atoms with Crippen LogP contribution in [0.15, 0.2) is 54.6 Å². The van der Waals surface area contributed by atoms with Crippen molar-refractivity contribution in [1.29, 1.82) is 0 Å². The summed E-state index contributed by atoms with van der Waals surface area (Å²) in [6, 6.07) is 15.3. The number of anilines is 3. The second-order valence-corrected chi connectivity index (χ2v) is 6.59. The molecule has 3 amide bonds. The van der Waals surface area contributed by atoms with Gasteiger partial charge in [0.15, 0.2) is 5.82 Å². The third-order valence-corrected chi connectivity index (χ3v) is 4.36. The fraction of sp³-hybridized carbons (Fsp3) is 0.150. The van der Waals surface area contributed by atoms with Crippen molar-refractivity contribution >= 4 is 35.0 Å². The van der Waals surface area contributed by atoms with Gasteiger partial charge < -0.3 is 10.6 Å². The first-order valence-corrected chi connectivity index (χ1v) is 9.00. The molecule has 0 aliphatic carbocycles. The van der Waals surface area contributed by atoms with E-state index in [2.05, 4.69) is 26.0 Å². The number of amides is 3. The van der Waals surface area contributed by atoms with Crippen molar-refractivity contribution in [3.63, 3.8) is 0 Å². The summed E-state index contributed by atoms with van der Waals surface area (Å²) in [7, 11) is 0. The number of nitrogens with zero attached hydrogens (tertiary/aromatic N) is 3. The van der Waals surface area contributed by atoms with E-state index in [-0.39, 0.29) is 24.1 Å². The molecule has 0 fully saturated rings. The summed E-state index contributed by atoms with van der Waals surface area (Å²) in [6.45, 7) is 1.42. The number of benzene rings is 2. The SMILES string of the molecule is CC(=O)Nc1ccc(NC(=O)C[C@@H]2C(=O)Nc3nc(-c4ccccc4)nn32)cc1. The van der Waals surface area contributed by atoms with Crippen LogP contribution < -0.4 is 16.0 Å². The largest absolute Gasteiger partial charge is 0.326 e. The predicted octanol–water partition coefficient (Wildman–Crippen LogP) is 2.43. The molecule has 0 spiro atoms. The summed E-state index contributed by atoms with van der Waals surface area (Å²) in [4.78, 5) is 40.1. The molecule has 0 bridgehead atoms. The predicted molar refractivity (Wildman–Crippen MR) is 107 cm³/mol. The molecule has 2 heterocycles. The molecule has 0 radical (unpaired) electrons. The maximum atomic E-state index is 12.4. The van der Waals surface area contributed by atoms with E-state index < -0.39 is 6.04 Å². The average Bonchev–Trinajstić information content (AvgIpc) is 3.22. The lowest BCUT2D eigenvalue weighted by molar-refractivity contribution is -0.123. The molecule has 9 nitrogen and oxygen atoms in total. The molecule has 1 atom stereocenters. The molecule has 1 aromatic heterocycles. The van der Waals surface area contributed by atoms with Crippen LogP contribution in [0.3, 0.4) is 0 Å². The van der Waals surface area contributed by atoms with Crippen LogP contribution in [-0.4, -0.2) is 32.5 Å². The molecule has 146 valence electrons. The molecule has 0 unspecified atom stereocenters. The van der Waals surface area contributed by atoms with Gasteiger partial charge in [-0.15, -0.1) is 5.10 Å². The van der Waals surface area contributed by atoms with Crippen molar-refractivity contribution in [2.24, 2.45) is 0 Å². The first-order valence-electron chi connectivity index (χ1n) is 9.00. The lowest BCUT2D eigenvalue weighted by Crippen LogP contribution is -2.23. The number of carbonyl (C=O) groups excluding carboxylic acids is 3. The number of carbonyl (C=O) groups is 3. The average molecular weight is 390 g/mol. The van der Waals surface area contributed by atoms with Gasteiger partial charge in [-0.1, -0.05) is 30.3 Å². The van der Waals surface area contributed by atoms with E-state index in [0.29, 0.717) is 23.1 Å². The van der Waals surface area contributed by atoms with Crippen LogP contribution in [0.4, 0.5) is 17.3 Å². The Kier molecular flexibility index (Phi) is 4.78. The van der Waals surface area contributed by atoms with Crippen molar-refractivity contribution in [3.8, 4) is 11.4 Å². The summed E-state index contributed by atoms with van der Waals surface area (Å²) in [5.41, 5.74) is 2.02. The zero-order chi connectivity index (χ0) is 20.4. The second-order valence-electron chi connectivity index (χ2n) is 6.59. The Morgan fingerprint density at radius 3 is 2.34 bits per heavy atom. The third-order valence-electron chi connectivity index (χ3n) is 4.36. The van der Waals surface area contributed by atoms with Gasteiger partial charge in [0.05, 0.1) is 6.42 Å². The maximum absolute atomic E-state index is 12.4. The summed E-state index contributed by atoms with van der Waals surface area (Å²) in [6.07, 6.45) is -0.0795. The van der Waals surface area contributed by atoms with E-state index >= 15 is 0 Å². The molecule has 1 aliphatic heterocycles. The fourth-order valence-electron chi connectivity index (χ4n) is 3.05. The summed E-state index contributed by atoms with van der Waals surface area (Å²) in [5.74, 6) is -0.0174. The van der Waals surface area contributed by atoms with Gasteiger partial charge in [-0.3, -0.25) is 19.7 Å². The zero-order valence-electron chi connectivity index (χ0n) is 15.5. The van der Waals surface area contributed by atoms with Crippen LogP contribution in [0.25, 0.3) is 11.4 Å². The zero-order valence-corrected chi connectivity index (χ0v) is 15.5. The summed E-state index contributed by atoms with van der Waals surface area (Å²) < 4.78 is 1.45. The van der Waals surface area contributed by atoms with Crippen LogP contribution in [0.2, 0.25) is 0 Å². The third kappa shape index (κ3) is 3.98. The van der Waals surface area contributed by atoms with Crippen LogP contribution in [0.1, 0.15) is 19.4 Å². The summed E-state index contributed by atoms with van der Waals surface area (Å²) >= 11 is 0. The Labute approximate surface area is 166 Å². The highest BCUT2D eigenvalue weighted by atomic mass is 16.2. The number of nitrogens with one attached hydrogen (secondary N) is 3. The van der Waals surface area contributed by atoms with E-state index in [4.69, 9.17) is 0 Å². The molecule has 4 rings (SSSR count). The Morgan fingerprint density at radius 2 is 1.69 bits per heavy atom. The van der Waals surface area contributed by atoms with E-state index in [1.54, 1.807) is 24.3 Å². The highest BCUT2D eigenvalue weighted by Gasteiger charge is 2.35. The second kappa shape index (κ2) is 7.55. The van der Waals surface area contributed by atoms with Crippen LogP contribution >= 0.6 is 0 Å². The number of rotatable bonds is 5. The van der Waals surface area contributed by atoms with Crippen LogP contribution in [0.5, 0.6) is 0 Å². The van der Waals surface area contributed by atoms with Gasteiger partial charge in [-0.25, -0.2) is 4.68 Å². The minimum absolute atomic E-state index is 0.0795. The van der Waals surface area contributed by atoms with E-state index in [1.807, 2.05) is 30.3 Å². The molecule has 2 aromatic carbocycles. The van der Waals surface area contributed by atoms with Gasteiger partial charge in [-0.2, -0.15) is 4.98 Å². The standard InChI is InChI=1S/C20H18N6O3/c1-12(27)21-14-7-9-15(10-8-14)22-17(28)11-16-19(29)24-20-23-18(25-26(16)20)13-5-3-2-4-6-13/h2-10,16H,11H2,1H3,(H,21,27)(H,22,28)(H,23,24,25,29)/t16-/m1/s1. The minimum atomic E-state index is -0.770. The first-order chi connectivity index (χ1) is 14.0. The molecular formula is C20H18N6O3. The van der Waals surface area contributed by atoms with Crippen molar-refractivity contribution in [3.05, 3.63) is 54.6 Å². The maximum Gasteiger partial charge on any atom is 0.252 e. The van der Waals surface area contributed by atoms with Crippen LogP contribution in [0, 0.1) is 0 Å². The van der Waals surface area contributed by atoms with Gasteiger partial charge in [-0.05, 0) is 24.3 Å². The molecule has 3 N–H and O–H groups in total. The Bertz CT molecular complexity index is 1080. The molecular weight excluding hydrogens is 372 g/mol. The lowest BCUT2D eigenvalue weighted by Gasteiger charge is -2.10. The van der Waals surface area contributed by atoms with Crippen molar-refractivity contribution < 1.29 is 14.4 Å². The monoisotopic (exact) mass is 390 g/mol. The van der Waals surface area contributed by atoms with Crippen LogP contribution in [-0.2, 0) is 14.4 Å². The van der Waals surface area contributed by atoms with E-state index in [0.717, 1.165) is 5.56 Å². The van der Waals surface area contributed by atoms with Crippen molar-refractivity contribution in [1.82, 2.24) is 14.8 Å². The smallest absolute Gasteiger partial charge is 0.252 e. The highest BCUT2D eigenvalue weighted by Crippen LogP contribution is 2.28. The Hall–Kier alpha value is -4.01. The Morgan fingerprint density at radius 1 is 1.03 bits per heavy atom. The molecule has 0 saturated heterocycles. The first kappa shape index (κ1) is 18.4. The molecule has 0 saturated carbocycles. The summed E-state index contributed by atoms with van der Waals surface area (Å²) in [5, 5.41) is 12.5. The topological polar surface area (TPSA) is 118 Å². The minimum Gasteiger partial charge on any atom is -0.326 e. The van der Waals surface area contributed by atoms with Gasteiger partial charge in [0.2, 0.25) is 17.8 Å². The highest BCUT2D eigenvalue weighted by molar-refractivity contribution is 6.01. The van der Waals surface area contributed by atoms with Gasteiger partial charge >= 0.3 is 0 Å². The quantitative estimate of drug-likeness (QED) is 0.618. The number of hydrogen-bond acceptors (Lipinski definition) is 5. The van der Waals surface area contributed by atoms with Crippen molar-refractivity contribution in [2.45, 2.75) is 19.4 Å². The van der Waals surface area contributed by atoms with E-state index in [9.17, 15) is 14.4 Å².